The predicted molar refractivity (Wildman–Crippen MR) is 104 cm³/mol. The molecule has 4 rings (SSSR count). The van der Waals surface area contributed by atoms with Crippen molar-refractivity contribution in [2.24, 2.45) is 0 Å². The third-order valence-corrected chi connectivity index (χ3v) is 5.76. The zero-order chi connectivity index (χ0) is 19.5. The summed E-state index contributed by atoms with van der Waals surface area (Å²) in [6.45, 7) is 1.89. The second-order valence-corrected chi connectivity index (χ2v) is 7.64. The van der Waals surface area contributed by atoms with E-state index in [0.717, 1.165) is 18.4 Å². The smallest absolute Gasteiger partial charge is 0.254 e. The van der Waals surface area contributed by atoms with Gasteiger partial charge in [0.1, 0.15) is 12.1 Å². The Hall–Kier alpha value is -2.41. The second-order valence-electron chi connectivity index (χ2n) is 7.64. The lowest BCUT2D eigenvalue weighted by Crippen LogP contribution is -2.55. The highest BCUT2D eigenvalue weighted by molar-refractivity contribution is 5.99. The normalized spacial score (nSPS) is 18.8. The summed E-state index contributed by atoms with van der Waals surface area (Å²) >= 11 is 0. The number of hydrogen-bond donors (Lipinski definition) is 0. The molecule has 0 N–H and O–H groups in total. The van der Waals surface area contributed by atoms with E-state index in [1.807, 2.05) is 4.90 Å². The molecule has 0 radical (unpaired) electrons. The number of rotatable bonds is 5. The van der Waals surface area contributed by atoms with Gasteiger partial charge in [0.25, 0.3) is 5.91 Å². The van der Waals surface area contributed by atoms with Crippen molar-refractivity contribution < 1.29 is 18.7 Å². The van der Waals surface area contributed by atoms with Crippen molar-refractivity contribution in [2.45, 2.75) is 44.6 Å². The molecule has 150 valence electrons. The van der Waals surface area contributed by atoms with E-state index in [1.165, 1.54) is 19.3 Å². The Morgan fingerprint density at radius 1 is 1.25 bits per heavy atom. The van der Waals surface area contributed by atoms with Crippen molar-refractivity contribution in [2.75, 3.05) is 33.4 Å². The number of aromatic nitrogens is 1. The van der Waals surface area contributed by atoms with Gasteiger partial charge in [0, 0.05) is 38.2 Å². The standard InChI is InChI=1S/C21H27N3O4/c1-27-12-9-19-22-17-8-7-15(13-18(17)28-19)21(26)23-10-11-24(20(25)14-23)16-5-3-2-4-6-16/h7-8,13,16H,2-6,9-12,14H2,1H3. The highest BCUT2D eigenvalue weighted by atomic mass is 16.5. The molecule has 7 heteroatoms. The Labute approximate surface area is 164 Å². The molecule has 2 heterocycles. The zero-order valence-corrected chi connectivity index (χ0v) is 16.4. The maximum Gasteiger partial charge on any atom is 0.254 e. The van der Waals surface area contributed by atoms with Gasteiger partial charge in [-0.1, -0.05) is 19.3 Å². The number of hydrogen-bond acceptors (Lipinski definition) is 5. The summed E-state index contributed by atoms with van der Waals surface area (Å²) in [5, 5.41) is 0. The van der Waals surface area contributed by atoms with Gasteiger partial charge in [-0.2, -0.15) is 0 Å². The number of benzene rings is 1. The van der Waals surface area contributed by atoms with E-state index in [2.05, 4.69) is 4.98 Å². The maximum atomic E-state index is 12.9. The first-order valence-electron chi connectivity index (χ1n) is 10.1. The van der Waals surface area contributed by atoms with Gasteiger partial charge in [0.15, 0.2) is 11.5 Å². The number of carbonyl (C=O) groups excluding carboxylic acids is 2. The van der Waals surface area contributed by atoms with Crippen LogP contribution in [0.25, 0.3) is 11.1 Å². The lowest BCUT2D eigenvalue weighted by atomic mass is 9.93. The summed E-state index contributed by atoms with van der Waals surface area (Å²) in [6, 6.07) is 5.63. The van der Waals surface area contributed by atoms with Gasteiger partial charge < -0.3 is 19.0 Å². The lowest BCUT2D eigenvalue weighted by Gasteiger charge is -2.40. The molecule has 2 amide bonds. The number of piperazine rings is 1. The average molecular weight is 385 g/mol. The highest BCUT2D eigenvalue weighted by Crippen LogP contribution is 2.25. The largest absolute Gasteiger partial charge is 0.441 e. The van der Waals surface area contributed by atoms with Crippen LogP contribution in [0, 0.1) is 0 Å². The van der Waals surface area contributed by atoms with Crippen LogP contribution in [0.4, 0.5) is 0 Å². The Balaban J connectivity index is 1.43. The fourth-order valence-corrected chi connectivity index (χ4v) is 4.22. The van der Waals surface area contributed by atoms with Crippen molar-refractivity contribution >= 4 is 22.9 Å². The zero-order valence-electron chi connectivity index (χ0n) is 16.4. The molecule has 2 aliphatic rings. The molecule has 1 saturated heterocycles. The third kappa shape index (κ3) is 3.90. The van der Waals surface area contributed by atoms with Gasteiger partial charge in [-0.3, -0.25) is 9.59 Å². The van der Waals surface area contributed by atoms with Crippen LogP contribution >= 0.6 is 0 Å². The summed E-state index contributed by atoms with van der Waals surface area (Å²) in [5.41, 5.74) is 1.84. The van der Waals surface area contributed by atoms with Crippen molar-refractivity contribution in [1.29, 1.82) is 0 Å². The SMILES string of the molecule is COCCc1nc2ccc(C(=O)N3CCN(C4CCCCC4)C(=O)C3)cc2o1. The topological polar surface area (TPSA) is 75.9 Å². The summed E-state index contributed by atoms with van der Waals surface area (Å²) in [5.74, 6) is 0.528. The first-order chi connectivity index (χ1) is 13.7. The molecule has 0 spiro atoms. The average Bonchev–Trinajstić information content (AvgIpc) is 3.14. The first kappa shape index (κ1) is 18.9. The van der Waals surface area contributed by atoms with Gasteiger partial charge in [-0.15, -0.1) is 0 Å². The molecular formula is C21H27N3O4. The fraction of sp³-hybridized carbons (Fsp3) is 0.571. The Bertz CT molecular complexity index is 856. The fourth-order valence-electron chi connectivity index (χ4n) is 4.22. The Morgan fingerprint density at radius 2 is 2.07 bits per heavy atom. The van der Waals surface area contributed by atoms with Crippen molar-refractivity contribution in [3.8, 4) is 0 Å². The van der Waals surface area contributed by atoms with Crippen LogP contribution in [0.5, 0.6) is 0 Å². The monoisotopic (exact) mass is 385 g/mol. The molecule has 1 aromatic heterocycles. The Kier molecular flexibility index (Phi) is 5.62. The van der Waals surface area contributed by atoms with E-state index < -0.39 is 0 Å². The summed E-state index contributed by atoms with van der Waals surface area (Å²) in [7, 11) is 1.63. The quantitative estimate of drug-likeness (QED) is 0.791. The third-order valence-electron chi connectivity index (χ3n) is 5.76. The van der Waals surface area contributed by atoms with E-state index in [4.69, 9.17) is 9.15 Å². The van der Waals surface area contributed by atoms with Gasteiger partial charge in [0.2, 0.25) is 5.91 Å². The van der Waals surface area contributed by atoms with Crippen molar-refractivity contribution in [1.82, 2.24) is 14.8 Å². The van der Waals surface area contributed by atoms with Crippen molar-refractivity contribution in [3.63, 3.8) is 0 Å². The minimum atomic E-state index is -0.131. The number of methoxy groups -OCH3 is 1. The van der Waals surface area contributed by atoms with Crippen molar-refractivity contribution in [3.05, 3.63) is 29.7 Å². The molecule has 0 bridgehead atoms. The van der Waals surface area contributed by atoms with Gasteiger partial charge in [-0.25, -0.2) is 4.98 Å². The molecule has 0 unspecified atom stereocenters. The van der Waals surface area contributed by atoms with Crippen LogP contribution in [0.3, 0.4) is 0 Å². The summed E-state index contributed by atoms with van der Waals surface area (Å²) < 4.78 is 10.8. The van der Waals surface area contributed by atoms with Gasteiger partial charge in [0.05, 0.1) is 6.61 Å². The number of amides is 2. The van der Waals surface area contributed by atoms with Crippen LogP contribution in [0.1, 0.15) is 48.4 Å². The van der Waals surface area contributed by atoms with Crippen LogP contribution in [0.2, 0.25) is 0 Å². The highest BCUT2D eigenvalue weighted by Gasteiger charge is 2.32. The molecule has 7 nitrogen and oxygen atoms in total. The van der Waals surface area contributed by atoms with E-state index in [1.54, 1.807) is 30.2 Å². The summed E-state index contributed by atoms with van der Waals surface area (Å²) in [4.78, 5) is 33.6. The first-order valence-corrected chi connectivity index (χ1v) is 10.1. The molecule has 1 saturated carbocycles. The number of ether oxygens (including phenoxy) is 1. The maximum absolute atomic E-state index is 12.9. The minimum absolute atomic E-state index is 0.0640. The molecule has 2 aromatic rings. The van der Waals surface area contributed by atoms with Gasteiger partial charge in [-0.05, 0) is 31.0 Å². The molecular weight excluding hydrogens is 358 g/mol. The molecule has 1 aromatic carbocycles. The predicted octanol–water partition coefficient (Wildman–Crippen LogP) is 2.63. The van der Waals surface area contributed by atoms with Crippen LogP contribution in [0.15, 0.2) is 22.6 Å². The van der Waals surface area contributed by atoms with E-state index in [9.17, 15) is 9.59 Å². The molecule has 1 aliphatic heterocycles. The van der Waals surface area contributed by atoms with Crippen LogP contribution < -0.4 is 0 Å². The molecule has 1 aliphatic carbocycles. The van der Waals surface area contributed by atoms with Gasteiger partial charge >= 0.3 is 0 Å². The summed E-state index contributed by atoms with van der Waals surface area (Å²) in [6.07, 6.45) is 6.42. The van der Waals surface area contributed by atoms with E-state index in [-0.39, 0.29) is 18.4 Å². The van der Waals surface area contributed by atoms with Crippen LogP contribution in [-0.2, 0) is 16.0 Å². The Morgan fingerprint density at radius 3 is 2.82 bits per heavy atom. The minimum Gasteiger partial charge on any atom is -0.441 e. The van der Waals surface area contributed by atoms with E-state index in [0.29, 0.717) is 49.2 Å². The lowest BCUT2D eigenvalue weighted by molar-refractivity contribution is -0.138. The van der Waals surface area contributed by atoms with Crippen LogP contribution in [-0.4, -0.2) is 66.0 Å². The number of carbonyl (C=O) groups is 2. The number of nitrogens with zero attached hydrogens (tertiary/aromatic N) is 3. The second kappa shape index (κ2) is 8.31. The number of oxazole rings is 1. The van der Waals surface area contributed by atoms with E-state index >= 15 is 0 Å². The molecule has 0 atom stereocenters. The molecule has 2 fully saturated rings. The number of fused-ring (bicyclic) bond motifs is 1. The molecule has 28 heavy (non-hydrogen) atoms.